The van der Waals surface area contributed by atoms with Gasteiger partial charge in [0.15, 0.2) is 5.58 Å². The summed E-state index contributed by atoms with van der Waals surface area (Å²) < 4.78 is 5.52. The Morgan fingerprint density at radius 2 is 2.14 bits per heavy atom. The Morgan fingerprint density at radius 1 is 1.43 bits per heavy atom. The molecule has 0 aliphatic heterocycles. The van der Waals surface area contributed by atoms with Crippen molar-refractivity contribution in [1.82, 2.24) is 4.98 Å². The zero-order valence-electron chi connectivity index (χ0n) is 8.61. The zero-order chi connectivity index (χ0) is 9.42. The Morgan fingerprint density at radius 3 is 2.79 bits per heavy atom. The van der Waals surface area contributed by atoms with E-state index in [0.717, 1.165) is 11.1 Å². The fraction of sp³-hybridized carbons (Fsp3) is 0.300. The van der Waals surface area contributed by atoms with E-state index in [1.54, 1.807) is 0 Å². The standard InChI is InChI=1S/C10H11NOS.K/c1-6-3-4-8-9(5-6)12-10(11-8)7(2)13;/h3-5,7,13H,1-2H3;. The van der Waals surface area contributed by atoms with Gasteiger partial charge in [0, 0.05) is 51.4 Å². The third kappa shape index (κ3) is 2.62. The first-order valence-electron chi connectivity index (χ1n) is 4.22. The van der Waals surface area contributed by atoms with Gasteiger partial charge in [-0.05, 0) is 31.5 Å². The number of hydrogen-bond donors (Lipinski definition) is 1. The maximum atomic E-state index is 5.52. The summed E-state index contributed by atoms with van der Waals surface area (Å²) in [5.41, 5.74) is 2.93. The van der Waals surface area contributed by atoms with Crippen molar-refractivity contribution < 1.29 is 4.42 Å². The van der Waals surface area contributed by atoms with E-state index in [9.17, 15) is 0 Å². The number of benzene rings is 1. The molecule has 0 amide bonds. The van der Waals surface area contributed by atoms with Crippen molar-refractivity contribution in [3.8, 4) is 0 Å². The van der Waals surface area contributed by atoms with Gasteiger partial charge in [0.1, 0.15) is 5.52 Å². The van der Waals surface area contributed by atoms with Crippen molar-refractivity contribution >= 4 is 75.1 Å². The third-order valence-corrected chi connectivity index (χ3v) is 2.14. The first-order chi connectivity index (χ1) is 6.16. The van der Waals surface area contributed by atoms with Crippen LogP contribution in [0.25, 0.3) is 11.1 Å². The molecule has 1 unspecified atom stereocenters. The van der Waals surface area contributed by atoms with Gasteiger partial charge >= 0.3 is 0 Å². The summed E-state index contributed by atoms with van der Waals surface area (Å²) in [5.74, 6) is 0.684. The number of aromatic nitrogens is 1. The van der Waals surface area contributed by atoms with Crippen molar-refractivity contribution in [3.05, 3.63) is 29.7 Å². The van der Waals surface area contributed by atoms with Crippen molar-refractivity contribution in [2.24, 2.45) is 0 Å². The van der Waals surface area contributed by atoms with Crippen LogP contribution in [-0.2, 0) is 0 Å². The van der Waals surface area contributed by atoms with E-state index in [1.165, 1.54) is 5.56 Å². The fourth-order valence-electron chi connectivity index (χ4n) is 1.23. The average Bonchev–Trinajstić information content (AvgIpc) is 2.46. The molecule has 1 aromatic heterocycles. The van der Waals surface area contributed by atoms with Crippen LogP contribution in [0.1, 0.15) is 23.6 Å². The van der Waals surface area contributed by atoms with E-state index in [1.807, 2.05) is 32.0 Å². The van der Waals surface area contributed by atoms with Crippen LogP contribution in [0.4, 0.5) is 0 Å². The molecule has 0 saturated carbocycles. The molecule has 2 nitrogen and oxygen atoms in total. The van der Waals surface area contributed by atoms with Crippen LogP contribution in [0.2, 0.25) is 0 Å². The summed E-state index contributed by atoms with van der Waals surface area (Å²) in [6.07, 6.45) is 0. The van der Waals surface area contributed by atoms with Crippen LogP contribution in [-0.4, -0.2) is 56.4 Å². The van der Waals surface area contributed by atoms with Crippen LogP contribution >= 0.6 is 12.6 Å². The Kier molecular flexibility index (Phi) is 4.68. The van der Waals surface area contributed by atoms with Crippen LogP contribution in [0.3, 0.4) is 0 Å². The molecule has 14 heavy (non-hydrogen) atoms. The molecule has 0 saturated heterocycles. The monoisotopic (exact) mass is 232 g/mol. The van der Waals surface area contributed by atoms with Gasteiger partial charge in [0.05, 0.1) is 5.25 Å². The molecule has 0 N–H and O–H groups in total. The van der Waals surface area contributed by atoms with E-state index in [4.69, 9.17) is 4.42 Å². The minimum Gasteiger partial charge on any atom is -0.439 e. The predicted octanol–water partition coefficient (Wildman–Crippen LogP) is 2.75. The van der Waals surface area contributed by atoms with E-state index in [-0.39, 0.29) is 56.6 Å². The molecular formula is C10H11KNOS. The normalized spacial score (nSPS) is 12.5. The Hall–Kier alpha value is 0.676. The molecule has 0 spiro atoms. The van der Waals surface area contributed by atoms with E-state index in [2.05, 4.69) is 17.6 Å². The van der Waals surface area contributed by atoms with Crippen molar-refractivity contribution in [2.75, 3.05) is 0 Å². The van der Waals surface area contributed by atoms with Crippen molar-refractivity contribution in [1.29, 1.82) is 0 Å². The molecule has 4 heteroatoms. The summed E-state index contributed by atoms with van der Waals surface area (Å²) in [7, 11) is 0. The van der Waals surface area contributed by atoms with Gasteiger partial charge in [-0.3, -0.25) is 0 Å². The molecule has 1 atom stereocenters. The summed E-state index contributed by atoms with van der Waals surface area (Å²) in [6, 6.07) is 5.98. The van der Waals surface area contributed by atoms with Crippen LogP contribution in [0.15, 0.2) is 22.6 Å². The SMILES string of the molecule is Cc1ccc2nc(C(C)S)oc2c1.[K]. The molecule has 1 aromatic carbocycles. The number of fused-ring (bicyclic) bond motifs is 1. The van der Waals surface area contributed by atoms with Gasteiger partial charge in [-0.15, -0.1) is 0 Å². The predicted molar refractivity (Wildman–Crippen MR) is 61.9 cm³/mol. The second-order valence-corrected chi connectivity index (χ2v) is 3.97. The number of hydrogen-bond acceptors (Lipinski definition) is 3. The molecule has 0 aliphatic rings. The van der Waals surface area contributed by atoms with Crippen molar-refractivity contribution in [3.63, 3.8) is 0 Å². The number of aryl methyl sites for hydroxylation is 1. The van der Waals surface area contributed by atoms with Gasteiger partial charge in [0.2, 0.25) is 5.89 Å². The third-order valence-electron chi connectivity index (χ3n) is 1.92. The summed E-state index contributed by atoms with van der Waals surface area (Å²) in [5, 5.41) is 0.0488. The second-order valence-electron chi connectivity index (χ2n) is 3.20. The topological polar surface area (TPSA) is 26.0 Å². The summed E-state index contributed by atoms with van der Waals surface area (Å²) in [4.78, 5) is 4.31. The fourth-order valence-corrected chi connectivity index (χ4v) is 1.34. The molecule has 0 bridgehead atoms. The van der Waals surface area contributed by atoms with Crippen LogP contribution < -0.4 is 0 Å². The second kappa shape index (κ2) is 5.14. The maximum Gasteiger partial charge on any atom is 0.208 e. The van der Waals surface area contributed by atoms with Gasteiger partial charge in [-0.1, -0.05) is 6.07 Å². The Bertz CT molecular complexity index is 439. The molecular weight excluding hydrogens is 221 g/mol. The van der Waals surface area contributed by atoms with Gasteiger partial charge in [-0.2, -0.15) is 12.6 Å². The smallest absolute Gasteiger partial charge is 0.208 e. The molecule has 2 aromatic rings. The van der Waals surface area contributed by atoms with E-state index >= 15 is 0 Å². The Labute approximate surface area is 131 Å². The van der Waals surface area contributed by atoms with Crippen LogP contribution in [0, 0.1) is 6.92 Å². The first-order valence-corrected chi connectivity index (χ1v) is 4.73. The summed E-state index contributed by atoms with van der Waals surface area (Å²) in [6.45, 7) is 3.98. The van der Waals surface area contributed by atoms with Crippen LogP contribution in [0.5, 0.6) is 0 Å². The largest absolute Gasteiger partial charge is 0.439 e. The molecule has 2 rings (SSSR count). The van der Waals surface area contributed by atoms with E-state index < -0.39 is 0 Å². The first kappa shape index (κ1) is 12.7. The van der Waals surface area contributed by atoms with Crippen molar-refractivity contribution in [2.45, 2.75) is 19.1 Å². The number of oxazole rings is 1. The van der Waals surface area contributed by atoms with E-state index in [0.29, 0.717) is 5.89 Å². The molecule has 1 radical (unpaired) electrons. The molecule has 69 valence electrons. The van der Waals surface area contributed by atoms with Gasteiger partial charge < -0.3 is 4.42 Å². The summed E-state index contributed by atoms with van der Waals surface area (Å²) >= 11 is 4.27. The Balaban J connectivity index is 0.000000980. The quantitative estimate of drug-likeness (QED) is 0.604. The number of thiol groups is 1. The number of rotatable bonds is 1. The van der Waals surface area contributed by atoms with Gasteiger partial charge in [0.25, 0.3) is 0 Å². The van der Waals surface area contributed by atoms with Gasteiger partial charge in [-0.25, -0.2) is 4.98 Å². The molecule has 1 heterocycles. The molecule has 0 fully saturated rings. The minimum absolute atomic E-state index is 0. The molecule has 0 aliphatic carbocycles. The zero-order valence-corrected chi connectivity index (χ0v) is 12.6. The number of nitrogens with zero attached hydrogens (tertiary/aromatic N) is 1. The maximum absolute atomic E-state index is 5.52. The minimum atomic E-state index is 0. The average molecular weight is 232 g/mol.